The van der Waals surface area contributed by atoms with Crippen LogP contribution in [0.1, 0.15) is 16.7 Å². The van der Waals surface area contributed by atoms with E-state index in [1.807, 2.05) is 12.1 Å². The van der Waals surface area contributed by atoms with Crippen molar-refractivity contribution in [2.24, 2.45) is 15.2 Å². The van der Waals surface area contributed by atoms with E-state index in [2.05, 4.69) is 15.2 Å². The molecule has 2 aromatic carbocycles. The Balaban J connectivity index is 1.85. The molecule has 8 heteroatoms. The molecule has 0 aliphatic carbocycles. The molecule has 4 rings (SSSR count). The third-order valence-corrected chi connectivity index (χ3v) is 4.13. The van der Waals surface area contributed by atoms with E-state index in [1.165, 1.54) is 12.1 Å². The van der Waals surface area contributed by atoms with Gasteiger partial charge in [0.2, 0.25) is 6.79 Å². The molecule has 0 unspecified atom stereocenters. The van der Waals surface area contributed by atoms with Crippen molar-refractivity contribution in [3.8, 4) is 11.5 Å². The van der Waals surface area contributed by atoms with Gasteiger partial charge in [-0.2, -0.15) is 5.10 Å². The topological polar surface area (TPSA) is 98.7 Å². The predicted octanol–water partition coefficient (Wildman–Crippen LogP) is 2.77. The Bertz CT molecular complexity index is 977. The van der Waals surface area contributed by atoms with Crippen molar-refractivity contribution in [1.29, 1.82) is 0 Å². The molecule has 0 saturated carbocycles. The van der Waals surface area contributed by atoms with Gasteiger partial charge in [-0.3, -0.25) is 15.1 Å². The van der Waals surface area contributed by atoms with Gasteiger partial charge in [0.15, 0.2) is 11.5 Å². The van der Waals surface area contributed by atoms with Crippen LogP contribution in [0.3, 0.4) is 0 Å². The van der Waals surface area contributed by atoms with E-state index in [1.54, 1.807) is 25.4 Å². The van der Waals surface area contributed by atoms with Crippen molar-refractivity contribution >= 4 is 23.3 Å². The Morgan fingerprint density at radius 2 is 1.88 bits per heavy atom. The summed E-state index contributed by atoms with van der Waals surface area (Å²) >= 11 is 0. The van der Waals surface area contributed by atoms with Crippen LogP contribution >= 0.6 is 0 Å². The fraction of sp³-hybridized carbons (Fsp3) is 0.167. The highest BCUT2D eigenvalue weighted by atomic mass is 16.7. The minimum Gasteiger partial charge on any atom is -0.454 e. The molecule has 26 heavy (non-hydrogen) atoms. The molecule has 0 N–H and O–H groups in total. The first kappa shape index (κ1) is 15.9. The zero-order valence-electron chi connectivity index (χ0n) is 13.9. The standard InChI is InChI=1S/C18H14N4O4/c1-19-9-13-6-12-7-16-17(26-10-25-16)8-15(12)18(21-20-13)11-2-4-14(5-3-11)22(23)24/h2-5,7-9H,6,10H2,1H3/b19-9-. The smallest absolute Gasteiger partial charge is 0.269 e. The van der Waals surface area contributed by atoms with Gasteiger partial charge in [0, 0.05) is 42.9 Å². The quantitative estimate of drug-likeness (QED) is 0.483. The summed E-state index contributed by atoms with van der Waals surface area (Å²) in [7, 11) is 1.68. The van der Waals surface area contributed by atoms with Crippen LogP contribution < -0.4 is 9.47 Å². The number of nitrogens with zero attached hydrogens (tertiary/aromatic N) is 4. The maximum atomic E-state index is 10.9. The molecular weight excluding hydrogens is 336 g/mol. The van der Waals surface area contributed by atoms with Crippen molar-refractivity contribution < 1.29 is 14.4 Å². The van der Waals surface area contributed by atoms with Gasteiger partial charge in [-0.15, -0.1) is 5.10 Å². The molecule has 0 saturated heterocycles. The van der Waals surface area contributed by atoms with E-state index in [4.69, 9.17) is 9.47 Å². The molecular formula is C18H14N4O4. The Labute approximate surface area is 148 Å². The van der Waals surface area contributed by atoms with E-state index in [0.717, 1.165) is 16.7 Å². The van der Waals surface area contributed by atoms with E-state index in [9.17, 15) is 10.1 Å². The van der Waals surface area contributed by atoms with Crippen LogP contribution in [0.5, 0.6) is 11.5 Å². The van der Waals surface area contributed by atoms with Gasteiger partial charge >= 0.3 is 0 Å². The summed E-state index contributed by atoms with van der Waals surface area (Å²) in [6.45, 7) is 0.180. The lowest BCUT2D eigenvalue weighted by Gasteiger charge is -2.10. The van der Waals surface area contributed by atoms with Crippen molar-refractivity contribution in [1.82, 2.24) is 0 Å². The first-order chi connectivity index (χ1) is 12.7. The average molecular weight is 350 g/mol. The molecule has 130 valence electrons. The maximum Gasteiger partial charge on any atom is 0.269 e. The highest BCUT2D eigenvalue weighted by Crippen LogP contribution is 2.36. The number of aliphatic imine (C=N–C) groups is 1. The molecule has 0 amide bonds. The predicted molar refractivity (Wildman–Crippen MR) is 96.9 cm³/mol. The summed E-state index contributed by atoms with van der Waals surface area (Å²) in [5.41, 5.74) is 3.91. The van der Waals surface area contributed by atoms with Gasteiger partial charge in [0.1, 0.15) is 5.71 Å². The Morgan fingerprint density at radius 3 is 2.58 bits per heavy atom. The third-order valence-electron chi connectivity index (χ3n) is 4.13. The second-order valence-corrected chi connectivity index (χ2v) is 5.77. The van der Waals surface area contributed by atoms with Crippen LogP contribution in [0.2, 0.25) is 0 Å². The second-order valence-electron chi connectivity index (χ2n) is 5.77. The summed E-state index contributed by atoms with van der Waals surface area (Å²) < 4.78 is 11.0. The van der Waals surface area contributed by atoms with Crippen molar-refractivity contribution in [2.75, 3.05) is 13.8 Å². The van der Waals surface area contributed by atoms with Gasteiger partial charge in [0.25, 0.3) is 5.69 Å². The monoisotopic (exact) mass is 350 g/mol. The molecule has 0 radical (unpaired) electrons. The van der Waals surface area contributed by atoms with E-state index in [0.29, 0.717) is 29.3 Å². The third kappa shape index (κ3) is 2.81. The van der Waals surface area contributed by atoms with Gasteiger partial charge in [-0.1, -0.05) is 0 Å². The van der Waals surface area contributed by atoms with Gasteiger partial charge in [-0.25, -0.2) is 0 Å². The molecule has 2 aromatic rings. The second kappa shape index (κ2) is 6.40. The first-order valence-corrected chi connectivity index (χ1v) is 7.90. The SMILES string of the molecule is C/N=C\C1=NN=C(c2ccc([N+](=O)[O-])cc2)c2cc3c(cc2C1)OCO3. The van der Waals surface area contributed by atoms with Crippen LogP contribution in [0.25, 0.3) is 0 Å². The van der Waals surface area contributed by atoms with E-state index in [-0.39, 0.29) is 12.5 Å². The molecule has 0 aromatic heterocycles. The largest absolute Gasteiger partial charge is 0.454 e. The number of nitro groups is 1. The van der Waals surface area contributed by atoms with Crippen LogP contribution in [0.15, 0.2) is 51.6 Å². The molecule has 2 heterocycles. The molecule has 0 spiro atoms. The zero-order valence-corrected chi connectivity index (χ0v) is 13.9. The number of fused-ring (bicyclic) bond motifs is 2. The number of benzene rings is 2. The van der Waals surface area contributed by atoms with Crippen LogP contribution in [0.4, 0.5) is 5.69 Å². The van der Waals surface area contributed by atoms with Crippen molar-refractivity contribution in [3.63, 3.8) is 0 Å². The number of ether oxygens (including phenoxy) is 2. The minimum absolute atomic E-state index is 0.0242. The first-order valence-electron chi connectivity index (χ1n) is 7.90. The van der Waals surface area contributed by atoms with Crippen LogP contribution in [-0.4, -0.2) is 36.4 Å². The number of nitro benzene ring substituents is 1. The van der Waals surface area contributed by atoms with E-state index >= 15 is 0 Å². The Hall–Kier alpha value is -3.55. The lowest BCUT2D eigenvalue weighted by molar-refractivity contribution is -0.384. The summed E-state index contributed by atoms with van der Waals surface area (Å²) in [5, 5.41) is 19.6. The zero-order chi connectivity index (χ0) is 18.1. The number of non-ortho nitro benzene ring substituents is 1. The van der Waals surface area contributed by atoms with Gasteiger partial charge in [-0.05, 0) is 29.8 Å². The number of hydrogen-bond acceptors (Lipinski definition) is 7. The summed E-state index contributed by atoms with van der Waals surface area (Å²) in [6, 6.07) is 10.0. The van der Waals surface area contributed by atoms with Crippen LogP contribution in [0, 0.1) is 10.1 Å². The highest BCUT2D eigenvalue weighted by molar-refractivity contribution is 6.32. The van der Waals surface area contributed by atoms with Gasteiger partial charge in [0.05, 0.1) is 10.6 Å². The summed E-state index contributed by atoms with van der Waals surface area (Å²) in [6.07, 6.45) is 2.21. The fourth-order valence-electron chi connectivity index (χ4n) is 2.92. The lowest BCUT2D eigenvalue weighted by Crippen LogP contribution is -2.08. The average Bonchev–Trinajstić information content (AvgIpc) is 3.02. The number of rotatable bonds is 3. The molecule has 0 bridgehead atoms. The summed E-state index contributed by atoms with van der Waals surface area (Å²) in [5.74, 6) is 1.33. The van der Waals surface area contributed by atoms with Crippen molar-refractivity contribution in [3.05, 3.63) is 63.2 Å². The van der Waals surface area contributed by atoms with Gasteiger partial charge < -0.3 is 9.47 Å². The molecule has 2 aliphatic heterocycles. The molecule has 0 fully saturated rings. The highest BCUT2D eigenvalue weighted by Gasteiger charge is 2.23. The van der Waals surface area contributed by atoms with E-state index < -0.39 is 4.92 Å². The molecule has 2 aliphatic rings. The normalized spacial score (nSPS) is 15.3. The molecule has 8 nitrogen and oxygen atoms in total. The number of hydrogen-bond donors (Lipinski definition) is 0. The molecule has 0 atom stereocenters. The summed E-state index contributed by atoms with van der Waals surface area (Å²) in [4.78, 5) is 14.5. The van der Waals surface area contributed by atoms with Crippen LogP contribution in [-0.2, 0) is 6.42 Å². The fourth-order valence-corrected chi connectivity index (χ4v) is 2.92. The Morgan fingerprint density at radius 1 is 1.15 bits per heavy atom. The Kier molecular flexibility index (Phi) is 3.92. The maximum absolute atomic E-state index is 10.9. The van der Waals surface area contributed by atoms with Crippen molar-refractivity contribution in [2.45, 2.75) is 6.42 Å². The lowest BCUT2D eigenvalue weighted by atomic mass is 9.94. The minimum atomic E-state index is -0.432.